The lowest BCUT2D eigenvalue weighted by Gasteiger charge is -2.20. The minimum Gasteiger partial charge on any atom is -0.508 e. The summed E-state index contributed by atoms with van der Waals surface area (Å²) in [7, 11) is -3.57. The summed E-state index contributed by atoms with van der Waals surface area (Å²) in [6.07, 6.45) is 0.768. The van der Waals surface area contributed by atoms with Gasteiger partial charge in [0.1, 0.15) is 5.75 Å². The molecule has 1 saturated heterocycles. The maximum atomic E-state index is 12.8. The van der Waals surface area contributed by atoms with Gasteiger partial charge in [0.25, 0.3) is 0 Å². The summed E-state index contributed by atoms with van der Waals surface area (Å²) in [4.78, 5) is 12.5. The lowest BCUT2D eigenvalue weighted by Crippen LogP contribution is -2.39. The number of rotatable bonds is 5. The molecular weight excluding hydrogens is 352 g/mol. The molecule has 1 aliphatic rings. The first kappa shape index (κ1) is 18.4. The third kappa shape index (κ3) is 4.05. The van der Waals surface area contributed by atoms with Gasteiger partial charge in [0.15, 0.2) is 0 Å². The average molecular weight is 374 g/mol. The summed E-state index contributed by atoms with van der Waals surface area (Å²) in [5.41, 5.74) is 0.792. The Hall–Kier alpha value is -2.38. The van der Waals surface area contributed by atoms with E-state index in [1.807, 2.05) is 6.92 Å². The highest BCUT2D eigenvalue weighted by molar-refractivity contribution is 7.89. The number of benzene rings is 2. The molecule has 1 heterocycles. The van der Waals surface area contributed by atoms with E-state index < -0.39 is 10.0 Å². The van der Waals surface area contributed by atoms with Crippen LogP contribution in [0.4, 0.5) is 0 Å². The highest BCUT2D eigenvalue weighted by Gasteiger charge is 2.38. The number of aromatic hydroxyl groups is 1. The molecule has 26 heavy (non-hydrogen) atoms. The van der Waals surface area contributed by atoms with E-state index in [0.29, 0.717) is 6.42 Å². The number of carbonyl (C=O) groups is 1. The van der Waals surface area contributed by atoms with E-state index in [9.17, 15) is 18.3 Å². The highest BCUT2D eigenvalue weighted by atomic mass is 32.2. The van der Waals surface area contributed by atoms with Crippen LogP contribution in [0.1, 0.15) is 18.9 Å². The van der Waals surface area contributed by atoms with Crippen LogP contribution in [-0.2, 0) is 21.2 Å². The van der Waals surface area contributed by atoms with Crippen molar-refractivity contribution in [1.82, 2.24) is 9.62 Å². The van der Waals surface area contributed by atoms with Gasteiger partial charge < -0.3 is 10.4 Å². The van der Waals surface area contributed by atoms with E-state index in [2.05, 4.69) is 5.32 Å². The number of phenols is 1. The van der Waals surface area contributed by atoms with Crippen LogP contribution in [-0.4, -0.2) is 42.4 Å². The van der Waals surface area contributed by atoms with Crippen molar-refractivity contribution in [3.05, 3.63) is 60.2 Å². The molecule has 0 spiro atoms. The standard InChI is InChI=1S/C19H22N2O4S/c1-14-11-16(20-19(23)12-15-7-9-17(22)10-8-15)13-21(14)26(24,25)18-5-3-2-4-6-18/h2-10,14,16,22H,11-13H2,1H3,(H,20,23). The molecule has 2 aromatic carbocycles. The molecule has 2 aromatic rings. The van der Waals surface area contributed by atoms with Crippen molar-refractivity contribution in [2.24, 2.45) is 0 Å². The zero-order valence-electron chi connectivity index (χ0n) is 14.5. The largest absolute Gasteiger partial charge is 0.508 e. The summed E-state index contributed by atoms with van der Waals surface area (Å²) in [6.45, 7) is 2.12. The fourth-order valence-corrected chi connectivity index (χ4v) is 4.95. The van der Waals surface area contributed by atoms with Crippen molar-refractivity contribution >= 4 is 15.9 Å². The predicted octanol–water partition coefficient (Wildman–Crippen LogP) is 1.90. The summed E-state index contributed by atoms with van der Waals surface area (Å²) in [5.74, 6) is -0.00705. The lowest BCUT2D eigenvalue weighted by molar-refractivity contribution is -0.121. The van der Waals surface area contributed by atoms with Crippen molar-refractivity contribution in [2.45, 2.75) is 36.7 Å². The molecule has 2 unspecified atom stereocenters. The second kappa shape index (κ2) is 7.47. The fourth-order valence-electron chi connectivity index (χ4n) is 3.25. The van der Waals surface area contributed by atoms with Crippen LogP contribution < -0.4 is 5.32 Å². The minimum absolute atomic E-state index is 0.153. The molecule has 2 atom stereocenters. The smallest absolute Gasteiger partial charge is 0.243 e. The van der Waals surface area contributed by atoms with Gasteiger partial charge in [-0.3, -0.25) is 4.79 Å². The molecule has 7 heteroatoms. The zero-order valence-corrected chi connectivity index (χ0v) is 15.3. The topological polar surface area (TPSA) is 86.7 Å². The van der Waals surface area contributed by atoms with Crippen molar-refractivity contribution in [2.75, 3.05) is 6.54 Å². The monoisotopic (exact) mass is 374 g/mol. The Morgan fingerprint density at radius 3 is 2.46 bits per heavy atom. The SMILES string of the molecule is CC1CC(NC(=O)Cc2ccc(O)cc2)CN1S(=O)(=O)c1ccccc1. The Bertz CT molecular complexity index is 866. The molecule has 0 aromatic heterocycles. The first-order valence-electron chi connectivity index (χ1n) is 8.50. The minimum atomic E-state index is -3.57. The quantitative estimate of drug-likeness (QED) is 0.837. The Kier molecular flexibility index (Phi) is 5.29. The van der Waals surface area contributed by atoms with Gasteiger partial charge in [0, 0.05) is 18.6 Å². The van der Waals surface area contributed by atoms with Crippen LogP contribution >= 0.6 is 0 Å². The van der Waals surface area contributed by atoms with Crippen LogP contribution in [0, 0.1) is 0 Å². The van der Waals surface area contributed by atoms with Crippen LogP contribution in [0.2, 0.25) is 0 Å². The summed E-state index contributed by atoms with van der Waals surface area (Å²) in [5, 5.41) is 12.2. The maximum absolute atomic E-state index is 12.8. The molecule has 138 valence electrons. The lowest BCUT2D eigenvalue weighted by atomic mass is 10.1. The Morgan fingerprint density at radius 1 is 1.15 bits per heavy atom. The maximum Gasteiger partial charge on any atom is 0.243 e. The summed E-state index contributed by atoms with van der Waals surface area (Å²) >= 11 is 0. The van der Waals surface area contributed by atoms with E-state index in [-0.39, 0.29) is 41.6 Å². The molecule has 6 nitrogen and oxygen atoms in total. The van der Waals surface area contributed by atoms with Crippen LogP contribution in [0.5, 0.6) is 5.75 Å². The molecule has 0 radical (unpaired) electrons. The van der Waals surface area contributed by atoms with E-state index >= 15 is 0 Å². The number of nitrogens with one attached hydrogen (secondary N) is 1. The van der Waals surface area contributed by atoms with E-state index in [4.69, 9.17) is 0 Å². The zero-order chi connectivity index (χ0) is 18.7. The second-order valence-corrected chi connectivity index (χ2v) is 8.47. The van der Waals surface area contributed by atoms with Crippen molar-refractivity contribution in [1.29, 1.82) is 0 Å². The van der Waals surface area contributed by atoms with Crippen molar-refractivity contribution in [3.63, 3.8) is 0 Å². The molecule has 2 N–H and O–H groups in total. The van der Waals surface area contributed by atoms with Gasteiger partial charge in [-0.1, -0.05) is 30.3 Å². The van der Waals surface area contributed by atoms with Crippen molar-refractivity contribution < 1.29 is 18.3 Å². The second-order valence-electron chi connectivity index (χ2n) is 6.58. The first-order chi connectivity index (χ1) is 12.4. The highest BCUT2D eigenvalue weighted by Crippen LogP contribution is 2.26. The molecule has 3 rings (SSSR count). The summed E-state index contributed by atoms with van der Waals surface area (Å²) in [6, 6.07) is 14.4. The number of hydrogen-bond acceptors (Lipinski definition) is 4. The Morgan fingerprint density at radius 2 is 1.81 bits per heavy atom. The molecule has 0 saturated carbocycles. The van der Waals surface area contributed by atoms with E-state index in [0.717, 1.165) is 5.56 Å². The molecule has 1 fully saturated rings. The van der Waals surface area contributed by atoms with Gasteiger partial charge in [0.05, 0.1) is 11.3 Å². The summed E-state index contributed by atoms with van der Waals surface area (Å²) < 4.78 is 27.0. The van der Waals surface area contributed by atoms with Gasteiger partial charge in [-0.05, 0) is 43.2 Å². The van der Waals surface area contributed by atoms with Crippen LogP contribution in [0.3, 0.4) is 0 Å². The number of carbonyl (C=O) groups excluding carboxylic acids is 1. The van der Waals surface area contributed by atoms with Crippen molar-refractivity contribution in [3.8, 4) is 5.75 Å². The van der Waals surface area contributed by atoms with Gasteiger partial charge in [-0.2, -0.15) is 4.31 Å². The van der Waals surface area contributed by atoms with E-state index in [1.54, 1.807) is 42.5 Å². The number of hydrogen-bond donors (Lipinski definition) is 2. The van der Waals surface area contributed by atoms with Crippen LogP contribution in [0.15, 0.2) is 59.5 Å². The molecular formula is C19H22N2O4S. The van der Waals surface area contributed by atoms with Gasteiger partial charge in [-0.25, -0.2) is 8.42 Å². The number of sulfonamides is 1. The Labute approximate surface area is 153 Å². The third-order valence-corrected chi connectivity index (χ3v) is 6.53. The molecule has 0 aliphatic carbocycles. The average Bonchev–Trinajstić information content (AvgIpc) is 2.98. The normalized spacial score (nSPS) is 20.8. The van der Waals surface area contributed by atoms with E-state index in [1.165, 1.54) is 16.4 Å². The number of amides is 1. The van der Waals surface area contributed by atoms with Gasteiger partial charge >= 0.3 is 0 Å². The third-order valence-electron chi connectivity index (χ3n) is 4.53. The predicted molar refractivity (Wildman–Crippen MR) is 98.2 cm³/mol. The number of phenolic OH excluding ortho intramolecular Hbond substituents is 1. The van der Waals surface area contributed by atoms with Gasteiger partial charge in [0.2, 0.25) is 15.9 Å². The Balaban J connectivity index is 1.63. The van der Waals surface area contributed by atoms with Gasteiger partial charge in [-0.15, -0.1) is 0 Å². The molecule has 1 amide bonds. The molecule has 1 aliphatic heterocycles. The van der Waals surface area contributed by atoms with Crippen LogP contribution in [0.25, 0.3) is 0 Å². The number of nitrogens with zero attached hydrogens (tertiary/aromatic N) is 1. The fraction of sp³-hybridized carbons (Fsp3) is 0.316. The molecule has 0 bridgehead atoms. The first-order valence-corrected chi connectivity index (χ1v) is 9.94.